The molecule has 20 heavy (non-hydrogen) atoms. The quantitative estimate of drug-likeness (QED) is 0.608. The molecule has 0 aromatic heterocycles. The van der Waals surface area contributed by atoms with Crippen molar-refractivity contribution in [3.05, 3.63) is 29.8 Å². The molecule has 106 valence electrons. The third-order valence-electron chi connectivity index (χ3n) is 3.44. The molecule has 0 saturated heterocycles. The number of carboxylic acid groups (broad SMARTS) is 1. The van der Waals surface area contributed by atoms with Gasteiger partial charge in [0, 0.05) is 13.0 Å². The number of benzene rings is 1. The third kappa shape index (κ3) is 2.69. The van der Waals surface area contributed by atoms with Gasteiger partial charge < -0.3 is 5.11 Å². The number of hydrogen-bond acceptors (Lipinski definition) is 3. The van der Waals surface area contributed by atoms with Crippen LogP contribution in [-0.2, 0) is 20.2 Å². The van der Waals surface area contributed by atoms with E-state index in [2.05, 4.69) is 10.6 Å². The smallest absolute Gasteiger partial charge is 0.314 e. The van der Waals surface area contributed by atoms with Crippen molar-refractivity contribution in [3.8, 4) is 12.3 Å². The lowest BCUT2D eigenvalue weighted by Crippen LogP contribution is -2.25. The Kier molecular flexibility index (Phi) is 3.84. The van der Waals surface area contributed by atoms with Crippen molar-refractivity contribution in [2.75, 3.05) is 6.54 Å². The monoisotopic (exact) mass is 293 g/mol. The van der Waals surface area contributed by atoms with Gasteiger partial charge in [0.1, 0.15) is 0 Å². The summed E-state index contributed by atoms with van der Waals surface area (Å²) < 4.78 is 26.2. The summed E-state index contributed by atoms with van der Waals surface area (Å²) in [7, 11) is -3.59. The van der Waals surface area contributed by atoms with Gasteiger partial charge in [0.25, 0.3) is 0 Å². The lowest BCUT2D eigenvalue weighted by Gasteiger charge is -2.11. The maximum atomic E-state index is 11.9. The van der Waals surface area contributed by atoms with E-state index in [1.54, 1.807) is 12.1 Å². The fraction of sp³-hybridized carbons (Fsp3) is 0.357. The number of nitrogens with one attached hydrogen (secondary N) is 1. The fourth-order valence-electron chi connectivity index (χ4n) is 2.05. The Hall–Kier alpha value is -1.84. The van der Waals surface area contributed by atoms with Crippen molar-refractivity contribution in [3.63, 3.8) is 0 Å². The molecular formula is C14H15NO4S. The molecule has 0 amide bonds. The molecular weight excluding hydrogens is 278 g/mol. The van der Waals surface area contributed by atoms with Crippen LogP contribution < -0.4 is 4.72 Å². The van der Waals surface area contributed by atoms with Gasteiger partial charge >= 0.3 is 5.97 Å². The number of carbonyl (C=O) groups is 1. The molecule has 6 heteroatoms. The maximum Gasteiger partial charge on any atom is 0.314 e. The van der Waals surface area contributed by atoms with E-state index in [9.17, 15) is 18.3 Å². The SMILES string of the molecule is C#CCCNS(=O)(=O)c1ccc(C2(C(=O)O)CC2)cc1. The van der Waals surface area contributed by atoms with Crippen LogP contribution in [-0.4, -0.2) is 26.0 Å². The largest absolute Gasteiger partial charge is 0.481 e. The Balaban J connectivity index is 2.17. The molecule has 5 nitrogen and oxygen atoms in total. The molecule has 0 bridgehead atoms. The Morgan fingerprint density at radius 1 is 1.35 bits per heavy atom. The fourth-order valence-corrected chi connectivity index (χ4v) is 3.08. The van der Waals surface area contributed by atoms with Gasteiger partial charge in [0.2, 0.25) is 10.0 Å². The van der Waals surface area contributed by atoms with Gasteiger partial charge in [-0.05, 0) is 30.5 Å². The number of aliphatic carboxylic acids is 1. The molecule has 0 atom stereocenters. The Bertz CT molecular complexity index is 651. The average molecular weight is 293 g/mol. The molecule has 0 heterocycles. The zero-order chi connectivity index (χ0) is 14.8. The van der Waals surface area contributed by atoms with Gasteiger partial charge in [-0.25, -0.2) is 13.1 Å². The number of terminal acetylenes is 1. The Labute approximate surface area is 118 Å². The Morgan fingerprint density at radius 3 is 2.40 bits per heavy atom. The number of hydrogen-bond donors (Lipinski definition) is 2. The summed E-state index contributed by atoms with van der Waals surface area (Å²) >= 11 is 0. The molecule has 2 N–H and O–H groups in total. The van der Waals surface area contributed by atoms with Crippen LogP contribution in [0.4, 0.5) is 0 Å². The van der Waals surface area contributed by atoms with E-state index in [1.165, 1.54) is 12.1 Å². The first kappa shape index (κ1) is 14.6. The van der Waals surface area contributed by atoms with E-state index >= 15 is 0 Å². The van der Waals surface area contributed by atoms with Crippen LogP contribution in [0.5, 0.6) is 0 Å². The summed E-state index contributed by atoms with van der Waals surface area (Å²) in [5, 5.41) is 9.18. The van der Waals surface area contributed by atoms with E-state index < -0.39 is 21.4 Å². The van der Waals surface area contributed by atoms with Crippen LogP contribution in [0.25, 0.3) is 0 Å². The zero-order valence-corrected chi connectivity index (χ0v) is 11.6. The second-order valence-electron chi connectivity index (χ2n) is 4.76. The predicted molar refractivity (Wildman–Crippen MR) is 73.6 cm³/mol. The topological polar surface area (TPSA) is 83.5 Å². The Morgan fingerprint density at radius 2 is 1.95 bits per heavy atom. The van der Waals surface area contributed by atoms with Crippen LogP contribution >= 0.6 is 0 Å². The molecule has 1 saturated carbocycles. The number of carboxylic acids is 1. The molecule has 2 rings (SSSR count). The first-order valence-electron chi connectivity index (χ1n) is 6.19. The van der Waals surface area contributed by atoms with Crippen LogP contribution in [0.15, 0.2) is 29.2 Å². The molecule has 1 aliphatic carbocycles. The van der Waals surface area contributed by atoms with Crippen LogP contribution in [0, 0.1) is 12.3 Å². The predicted octanol–water partition coefficient (Wildman–Crippen LogP) is 1.10. The van der Waals surface area contributed by atoms with Crippen molar-refractivity contribution in [1.82, 2.24) is 4.72 Å². The van der Waals surface area contributed by atoms with Crippen molar-refractivity contribution < 1.29 is 18.3 Å². The first-order chi connectivity index (χ1) is 9.42. The second kappa shape index (κ2) is 5.27. The highest BCUT2D eigenvalue weighted by atomic mass is 32.2. The van der Waals surface area contributed by atoms with Gasteiger partial charge in [0.05, 0.1) is 10.3 Å². The van der Waals surface area contributed by atoms with Gasteiger partial charge in [0.15, 0.2) is 0 Å². The van der Waals surface area contributed by atoms with Crippen LogP contribution in [0.2, 0.25) is 0 Å². The highest BCUT2D eigenvalue weighted by Crippen LogP contribution is 2.48. The summed E-state index contributed by atoms with van der Waals surface area (Å²) in [6.07, 6.45) is 6.56. The number of rotatable bonds is 6. The van der Waals surface area contributed by atoms with Gasteiger partial charge in [-0.15, -0.1) is 12.3 Å². The van der Waals surface area contributed by atoms with Crippen LogP contribution in [0.1, 0.15) is 24.8 Å². The van der Waals surface area contributed by atoms with Gasteiger partial charge in [-0.3, -0.25) is 4.79 Å². The molecule has 0 aliphatic heterocycles. The average Bonchev–Trinajstić information content (AvgIpc) is 3.20. The normalized spacial score (nSPS) is 16.4. The van der Waals surface area contributed by atoms with Gasteiger partial charge in [-0.1, -0.05) is 12.1 Å². The standard InChI is InChI=1S/C14H15NO4S/c1-2-3-10-15-20(18,19)12-6-4-11(5-7-12)14(8-9-14)13(16)17/h1,4-7,15H,3,8-10H2,(H,16,17). The van der Waals surface area contributed by atoms with E-state index in [4.69, 9.17) is 6.42 Å². The number of sulfonamides is 1. The van der Waals surface area contributed by atoms with Crippen molar-refractivity contribution >= 4 is 16.0 Å². The lowest BCUT2D eigenvalue weighted by molar-refractivity contribution is -0.140. The summed E-state index contributed by atoms with van der Waals surface area (Å²) in [4.78, 5) is 11.3. The third-order valence-corrected chi connectivity index (χ3v) is 4.91. The van der Waals surface area contributed by atoms with Crippen molar-refractivity contribution in [1.29, 1.82) is 0 Å². The molecule has 1 aromatic rings. The summed E-state index contributed by atoms with van der Waals surface area (Å²) in [5.41, 5.74) is -0.174. The highest BCUT2D eigenvalue weighted by Gasteiger charge is 2.51. The van der Waals surface area contributed by atoms with Gasteiger partial charge in [-0.2, -0.15) is 0 Å². The van der Waals surface area contributed by atoms with E-state index in [0.717, 1.165) is 0 Å². The summed E-state index contributed by atoms with van der Waals surface area (Å²) in [6.45, 7) is 0.180. The van der Waals surface area contributed by atoms with Crippen molar-refractivity contribution in [2.24, 2.45) is 0 Å². The first-order valence-corrected chi connectivity index (χ1v) is 7.68. The minimum Gasteiger partial charge on any atom is -0.481 e. The van der Waals surface area contributed by atoms with E-state index in [1.807, 2.05) is 0 Å². The molecule has 1 fully saturated rings. The van der Waals surface area contributed by atoms with Crippen LogP contribution in [0.3, 0.4) is 0 Å². The molecule has 0 radical (unpaired) electrons. The zero-order valence-electron chi connectivity index (χ0n) is 10.8. The van der Waals surface area contributed by atoms with E-state index in [-0.39, 0.29) is 11.4 Å². The lowest BCUT2D eigenvalue weighted by atomic mass is 9.96. The van der Waals surface area contributed by atoms with E-state index in [0.29, 0.717) is 24.8 Å². The summed E-state index contributed by atoms with van der Waals surface area (Å²) in [6, 6.07) is 5.99. The second-order valence-corrected chi connectivity index (χ2v) is 6.53. The summed E-state index contributed by atoms with van der Waals surface area (Å²) in [5.74, 6) is 1.49. The van der Waals surface area contributed by atoms with Crippen molar-refractivity contribution in [2.45, 2.75) is 29.6 Å². The molecule has 1 aromatic carbocycles. The minimum absolute atomic E-state index is 0.111. The minimum atomic E-state index is -3.59. The molecule has 1 aliphatic rings. The highest BCUT2D eigenvalue weighted by molar-refractivity contribution is 7.89. The molecule has 0 unspecified atom stereocenters. The molecule has 0 spiro atoms. The maximum absolute atomic E-state index is 11.9.